The van der Waals surface area contributed by atoms with Gasteiger partial charge in [-0.2, -0.15) is 0 Å². The molecule has 0 radical (unpaired) electrons. The third kappa shape index (κ3) is 5.75. The third-order valence-electron chi connectivity index (χ3n) is 4.12. The summed E-state index contributed by atoms with van der Waals surface area (Å²) in [4.78, 5) is 39.8. The largest absolute Gasteiger partial charge is 0.459 e. The van der Waals surface area contributed by atoms with Crippen molar-refractivity contribution in [3.05, 3.63) is 57.5 Å². The van der Waals surface area contributed by atoms with Gasteiger partial charge in [0.05, 0.1) is 17.0 Å². The van der Waals surface area contributed by atoms with Crippen molar-refractivity contribution >= 4 is 43.9 Å². The van der Waals surface area contributed by atoms with E-state index >= 15 is 0 Å². The van der Waals surface area contributed by atoms with Gasteiger partial charge in [0.15, 0.2) is 4.96 Å². The summed E-state index contributed by atoms with van der Waals surface area (Å²) in [5.74, 6) is -0.897. The lowest BCUT2D eigenvalue weighted by Crippen LogP contribution is -2.27. The van der Waals surface area contributed by atoms with E-state index in [0.717, 1.165) is 5.69 Å². The van der Waals surface area contributed by atoms with E-state index < -0.39 is 16.0 Å². The maximum atomic E-state index is 12.3. The number of esters is 1. The molecule has 2 aromatic heterocycles. The Balaban J connectivity index is 1.50. The minimum atomic E-state index is -3.82. The summed E-state index contributed by atoms with van der Waals surface area (Å²) < 4.78 is 33.5. The van der Waals surface area contributed by atoms with E-state index in [-0.39, 0.29) is 35.9 Å². The molecule has 0 aliphatic heterocycles. The molecule has 1 amide bonds. The summed E-state index contributed by atoms with van der Waals surface area (Å²) in [6, 6.07) is 6.92. The lowest BCUT2D eigenvalue weighted by molar-refractivity contribution is -0.144. The molecule has 0 saturated heterocycles. The molecule has 2 heterocycles. The number of anilines is 1. The van der Waals surface area contributed by atoms with Gasteiger partial charge in [0.1, 0.15) is 6.61 Å². The number of carbonyl (C=O) groups excluding carboxylic acids is 2. The molecule has 2 N–H and O–H groups in total. The molecule has 1 aromatic carbocycles. The quantitative estimate of drug-likeness (QED) is 0.481. The Morgan fingerprint density at radius 1 is 1.23 bits per heavy atom. The monoisotopic (exact) mass is 464 g/mol. The van der Waals surface area contributed by atoms with E-state index in [9.17, 15) is 22.8 Å². The fraction of sp³-hybridized carbons (Fsp3) is 0.263. The highest BCUT2D eigenvalue weighted by atomic mass is 32.2. The molecule has 0 aliphatic rings. The molecule has 31 heavy (non-hydrogen) atoms. The number of benzene rings is 1. The number of hydrogen-bond donors (Lipinski definition) is 2. The zero-order valence-electron chi connectivity index (χ0n) is 16.7. The number of aromatic nitrogens is 2. The van der Waals surface area contributed by atoms with Gasteiger partial charge >= 0.3 is 5.97 Å². The topological polar surface area (TPSA) is 136 Å². The summed E-state index contributed by atoms with van der Waals surface area (Å²) in [7, 11) is -3.82. The van der Waals surface area contributed by atoms with Gasteiger partial charge in [-0.15, -0.1) is 11.3 Å². The fourth-order valence-corrected chi connectivity index (χ4v) is 4.62. The Bertz CT molecular complexity index is 1280. The van der Waals surface area contributed by atoms with Gasteiger partial charge in [0.25, 0.3) is 5.56 Å². The first-order chi connectivity index (χ1) is 14.7. The van der Waals surface area contributed by atoms with Crippen LogP contribution in [-0.2, 0) is 31.0 Å². The standard InChI is InChI=1S/C19H20N4O6S2/c1-12-11-30-19-22-15(9-17(25)23(12)19)10-29-18(26)7-8-20-31(27,28)16-5-3-14(4-6-16)21-13(2)24/h3-6,9,11,20H,7-8,10H2,1-2H3,(H,21,24). The van der Waals surface area contributed by atoms with Crippen LogP contribution in [0.2, 0.25) is 0 Å². The number of nitrogens with one attached hydrogen (secondary N) is 2. The van der Waals surface area contributed by atoms with Crippen molar-refractivity contribution in [2.24, 2.45) is 0 Å². The summed E-state index contributed by atoms with van der Waals surface area (Å²) in [5, 5.41) is 4.35. The first-order valence-electron chi connectivity index (χ1n) is 9.15. The Kier molecular flexibility index (Phi) is 6.83. The second-order valence-electron chi connectivity index (χ2n) is 6.59. The number of sulfonamides is 1. The minimum Gasteiger partial charge on any atom is -0.459 e. The van der Waals surface area contributed by atoms with Crippen LogP contribution in [0.3, 0.4) is 0 Å². The van der Waals surface area contributed by atoms with E-state index in [4.69, 9.17) is 4.74 Å². The number of carbonyl (C=O) groups is 2. The smallest absolute Gasteiger partial charge is 0.307 e. The number of ether oxygens (including phenoxy) is 1. The molecule has 0 atom stereocenters. The molecule has 0 spiro atoms. The van der Waals surface area contributed by atoms with E-state index in [1.165, 1.54) is 53.0 Å². The molecule has 0 saturated carbocycles. The number of thiazole rings is 1. The molecule has 12 heteroatoms. The Labute approximate surface area is 181 Å². The van der Waals surface area contributed by atoms with Crippen molar-refractivity contribution in [2.45, 2.75) is 31.8 Å². The summed E-state index contributed by atoms with van der Waals surface area (Å²) >= 11 is 1.31. The first kappa shape index (κ1) is 22.6. The molecule has 0 unspecified atom stereocenters. The molecular formula is C19H20N4O6S2. The fourth-order valence-electron chi connectivity index (χ4n) is 2.69. The van der Waals surface area contributed by atoms with Crippen LogP contribution < -0.4 is 15.6 Å². The summed E-state index contributed by atoms with van der Waals surface area (Å²) in [6.07, 6.45) is -0.192. The van der Waals surface area contributed by atoms with E-state index in [1.807, 2.05) is 0 Å². The lowest BCUT2D eigenvalue weighted by Gasteiger charge is -2.08. The predicted molar refractivity (Wildman–Crippen MR) is 114 cm³/mol. The lowest BCUT2D eigenvalue weighted by atomic mass is 10.3. The van der Waals surface area contributed by atoms with Crippen LogP contribution in [0.4, 0.5) is 5.69 Å². The summed E-state index contributed by atoms with van der Waals surface area (Å²) in [5.41, 5.74) is 1.31. The van der Waals surface area contributed by atoms with Gasteiger partial charge in [0, 0.05) is 36.3 Å². The predicted octanol–water partition coefficient (Wildman–Crippen LogP) is 1.43. The number of nitrogens with zero attached hydrogens (tertiary/aromatic N) is 2. The van der Waals surface area contributed by atoms with Crippen molar-refractivity contribution in [1.29, 1.82) is 0 Å². The number of rotatable bonds is 8. The molecule has 10 nitrogen and oxygen atoms in total. The third-order valence-corrected chi connectivity index (χ3v) is 6.54. The average molecular weight is 465 g/mol. The van der Waals surface area contributed by atoms with Crippen molar-refractivity contribution < 1.29 is 22.7 Å². The zero-order chi connectivity index (χ0) is 22.6. The molecular weight excluding hydrogens is 444 g/mol. The second kappa shape index (κ2) is 9.37. The van der Waals surface area contributed by atoms with Gasteiger partial charge < -0.3 is 10.1 Å². The first-order valence-corrected chi connectivity index (χ1v) is 11.5. The van der Waals surface area contributed by atoms with Crippen LogP contribution in [-0.4, -0.2) is 36.2 Å². The van der Waals surface area contributed by atoms with Gasteiger partial charge in [-0.3, -0.25) is 18.8 Å². The Morgan fingerprint density at radius 3 is 2.61 bits per heavy atom. The van der Waals surface area contributed by atoms with Crippen LogP contribution >= 0.6 is 11.3 Å². The van der Waals surface area contributed by atoms with E-state index in [1.54, 1.807) is 12.3 Å². The second-order valence-corrected chi connectivity index (χ2v) is 9.20. The highest BCUT2D eigenvalue weighted by molar-refractivity contribution is 7.89. The van der Waals surface area contributed by atoms with Crippen LogP contribution in [0.5, 0.6) is 0 Å². The Hall–Kier alpha value is -3.09. The molecule has 3 aromatic rings. The SMILES string of the molecule is CC(=O)Nc1ccc(S(=O)(=O)NCCC(=O)OCc2cc(=O)n3c(C)csc3n2)cc1. The van der Waals surface area contributed by atoms with Crippen molar-refractivity contribution in [3.8, 4) is 0 Å². The van der Waals surface area contributed by atoms with Crippen LogP contribution in [0.1, 0.15) is 24.7 Å². The average Bonchev–Trinajstić information content (AvgIpc) is 3.07. The van der Waals surface area contributed by atoms with Crippen molar-refractivity contribution in [1.82, 2.24) is 14.1 Å². The molecule has 0 aliphatic carbocycles. The van der Waals surface area contributed by atoms with Gasteiger partial charge in [-0.05, 0) is 31.2 Å². The van der Waals surface area contributed by atoms with Crippen molar-refractivity contribution in [3.63, 3.8) is 0 Å². The van der Waals surface area contributed by atoms with Crippen LogP contribution in [0.25, 0.3) is 4.96 Å². The maximum Gasteiger partial charge on any atom is 0.307 e. The van der Waals surface area contributed by atoms with Crippen LogP contribution in [0, 0.1) is 6.92 Å². The Morgan fingerprint density at radius 2 is 1.94 bits per heavy atom. The summed E-state index contributed by atoms with van der Waals surface area (Å²) in [6.45, 7) is 2.80. The van der Waals surface area contributed by atoms with E-state index in [0.29, 0.717) is 16.3 Å². The van der Waals surface area contributed by atoms with Gasteiger partial charge in [-0.25, -0.2) is 18.1 Å². The zero-order valence-corrected chi connectivity index (χ0v) is 18.4. The highest BCUT2D eigenvalue weighted by Gasteiger charge is 2.15. The number of hydrogen-bond acceptors (Lipinski definition) is 8. The molecule has 0 bridgehead atoms. The molecule has 164 valence electrons. The van der Waals surface area contributed by atoms with Crippen LogP contribution in [0.15, 0.2) is 45.4 Å². The number of amides is 1. The molecule has 3 rings (SSSR count). The maximum absolute atomic E-state index is 12.3. The molecule has 0 fully saturated rings. The van der Waals surface area contributed by atoms with Gasteiger partial charge in [-0.1, -0.05) is 0 Å². The number of fused-ring (bicyclic) bond motifs is 1. The number of aryl methyl sites for hydroxylation is 1. The van der Waals surface area contributed by atoms with E-state index in [2.05, 4.69) is 15.0 Å². The van der Waals surface area contributed by atoms with Gasteiger partial charge in [0.2, 0.25) is 15.9 Å². The van der Waals surface area contributed by atoms with Crippen molar-refractivity contribution in [2.75, 3.05) is 11.9 Å². The minimum absolute atomic E-state index is 0.000751. The highest BCUT2D eigenvalue weighted by Crippen LogP contribution is 2.14. The normalized spacial score (nSPS) is 11.4.